The molecule has 1 heterocycles. The summed E-state index contributed by atoms with van der Waals surface area (Å²) in [6.45, 7) is 1.27. The summed E-state index contributed by atoms with van der Waals surface area (Å²) in [5.41, 5.74) is 2.16. The number of Topliss-reactive ketones (excluding diaryl/α,β-unsaturated/α-hetero) is 1. The number of methoxy groups -OCH3 is 2. The number of aromatic nitrogens is 4. The molecular weight excluding hydrogens is 376 g/mol. The average Bonchev–Trinajstić information content (AvgIpc) is 3.20. The maximum atomic E-state index is 12.4. The van der Waals surface area contributed by atoms with Crippen molar-refractivity contribution >= 4 is 11.8 Å². The molecule has 0 aliphatic heterocycles. The zero-order valence-corrected chi connectivity index (χ0v) is 16.3. The van der Waals surface area contributed by atoms with Crippen molar-refractivity contribution in [2.24, 2.45) is 0 Å². The van der Waals surface area contributed by atoms with Gasteiger partial charge in [0.05, 0.1) is 19.8 Å². The number of ketones is 1. The third kappa shape index (κ3) is 4.95. The van der Waals surface area contributed by atoms with Crippen LogP contribution in [0.3, 0.4) is 0 Å². The number of nitrogens with zero attached hydrogens (tertiary/aromatic N) is 4. The van der Waals surface area contributed by atoms with Crippen molar-refractivity contribution in [3.05, 3.63) is 53.6 Å². The summed E-state index contributed by atoms with van der Waals surface area (Å²) in [6, 6.07) is 12.4. The number of hydrogen-bond acceptors (Lipinski definition) is 8. The molecule has 0 radical (unpaired) electrons. The first kappa shape index (κ1) is 20.0. The van der Waals surface area contributed by atoms with Gasteiger partial charge in [0.15, 0.2) is 13.2 Å². The molecule has 0 atom stereocenters. The molecule has 0 saturated heterocycles. The third-order valence-corrected chi connectivity index (χ3v) is 4.10. The second-order valence-corrected chi connectivity index (χ2v) is 6.16. The fraction of sp³-hybridized carbons (Fsp3) is 0.250. The summed E-state index contributed by atoms with van der Waals surface area (Å²) in [5.74, 6) is 0.188. The topological polar surface area (TPSA) is 105 Å². The van der Waals surface area contributed by atoms with Crippen LogP contribution in [0.4, 0.5) is 0 Å². The van der Waals surface area contributed by atoms with Gasteiger partial charge in [0.2, 0.25) is 11.6 Å². The molecular formula is C20H20N4O5. The van der Waals surface area contributed by atoms with Crippen LogP contribution in [0.1, 0.15) is 15.9 Å². The van der Waals surface area contributed by atoms with E-state index >= 15 is 0 Å². The van der Waals surface area contributed by atoms with E-state index in [0.29, 0.717) is 17.3 Å². The SMILES string of the molecule is COc1ccc(OC)c(C(=O)COC(=O)Cn2nnc(-c3ccc(C)cc3)n2)c1. The van der Waals surface area contributed by atoms with Gasteiger partial charge < -0.3 is 14.2 Å². The van der Waals surface area contributed by atoms with E-state index < -0.39 is 18.4 Å². The van der Waals surface area contributed by atoms with Gasteiger partial charge in [-0.3, -0.25) is 4.79 Å². The molecule has 0 fully saturated rings. The number of tetrazole rings is 1. The number of rotatable bonds is 8. The largest absolute Gasteiger partial charge is 0.497 e. The predicted octanol–water partition coefficient (Wildman–Crippen LogP) is 2.09. The van der Waals surface area contributed by atoms with Gasteiger partial charge in [-0.1, -0.05) is 29.8 Å². The summed E-state index contributed by atoms with van der Waals surface area (Å²) in [6.07, 6.45) is 0. The van der Waals surface area contributed by atoms with Gasteiger partial charge in [-0.2, -0.15) is 4.80 Å². The first-order valence-corrected chi connectivity index (χ1v) is 8.76. The van der Waals surface area contributed by atoms with Gasteiger partial charge in [-0.05, 0) is 30.3 Å². The monoisotopic (exact) mass is 396 g/mol. The summed E-state index contributed by atoms with van der Waals surface area (Å²) >= 11 is 0. The Morgan fingerprint density at radius 1 is 1.03 bits per heavy atom. The molecule has 2 aromatic carbocycles. The quantitative estimate of drug-likeness (QED) is 0.421. The Bertz CT molecular complexity index is 1010. The van der Waals surface area contributed by atoms with Gasteiger partial charge in [0, 0.05) is 5.56 Å². The van der Waals surface area contributed by atoms with E-state index in [0.717, 1.165) is 15.9 Å². The smallest absolute Gasteiger partial charge is 0.330 e. The van der Waals surface area contributed by atoms with Gasteiger partial charge in [-0.15, -0.1) is 10.2 Å². The lowest BCUT2D eigenvalue weighted by Crippen LogP contribution is -2.20. The number of esters is 1. The van der Waals surface area contributed by atoms with E-state index in [-0.39, 0.29) is 12.1 Å². The molecule has 0 N–H and O–H groups in total. The Kier molecular flexibility index (Phi) is 6.18. The van der Waals surface area contributed by atoms with Gasteiger partial charge >= 0.3 is 5.97 Å². The number of aryl methyl sites for hydroxylation is 1. The second-order valence-electron chi connectivity index (χ2n) is 6.16. The van der Waals surface area contributed by atoms with Crippen LogP contribution in [0.5, 0.6) is 11.5 Å². The maximum Gasteiger partial charge on any atom is 0.330 e. The Morgan fingerprint density at radius 2 is 1.79 bits per heavy atom. The van der Waals surface area contributed by atoms with Crippen molar-refractivity contribution in [2.45, 2.75) is 13.5 Å². The van der Waals surface area contributed by atoms with Crippen LogP contribution in [-0.2, 0) is 16.1 Å². The van der Waals surface area contributed by atoms with E-state index in [2.05, 4.69) is 15.4 Å². The highest BCUT2D eigenvalue weighted by Gasteiger charge is 2.17. The molecule has 29 heavy (non-hydrogen) atoms. The van der Waals surface area contributed by atoms with Crippen LogP contribution in [0.15, 0.2) is 42.5 Å². The van der Waals surface area contributed by atoms with E-state index in [4.69, 9.17) is 14.2 Å². The summed E-state index contributed by atoms with van der Waals surface area (Å²) in [7, 11) is 2.94. The Balaban J connectivity index is 1.59. The molecule has 0 aliphatic carbocycles. The molecule has 3 rings (SSSR count). The van der Waals surface area contributed by atoms with E-state index in [9.17, 15) is 9.59 Å². The van der Waals surface area contributed by atoms with Gasteiger partial charge in [-0.25, -0.2) is 4.79 Å². The molecule has 0 unspecified atom stereocenters. The van der Waals surface area contributed by atoms with Crippen LogP contribution in [-0.4, -0.2) is 52.8 Å². The highest BCUT2D eigenvalue weighted by atomic mass is 16.5. The lowest BCUT2D eigenvalue weighted by atomic mass is 10.1. The van der Waals surface area contributed by atoms with Crippen molar-refractivity contribution in [1.82, 2.24) is 20.2 Å². The number of benzene rings is 2. The van der Waals surface area contributed by atoms with E-state index in [1.807, 2.05) is 31.2 Å². The number of ether oxygens (including phenoxy) is 3. The van der Waals surface area contributed by atoms with Crippen LogP contribution >= 0.6 is 0 Å². The molecule has 0 aliphatic rings. The predicted molar refractivity (Wildman–Crippen MR) is 103 cm³/mol. The zero-order valence-electron chi connectivity index (χ0n) is 16.3. The fourth-order valence-electron chi connectivity index (χ4n) is 2.55. The molecule has 0 bridgehead atoms. The second kappa shape index (κ2) is 8.96. The molecule has 9 nitrogen and oxygen atoms in total. The van der Waals surface area contributed by atoms with Crippen LogP contribution in [0.25, 0.3) is 11.4 Å². The molecule has 9 heteroatoms. The first-order chi connectivity index (χ1) is 14.0. The van der Waals surface area contributed by atoms with Crippen molar-refractivity contribution in [3.8, 4) is 22.9 Å². The highest BCUT2D eigenvalue weighted by Crippen LogP contribution is 2.24. The van der Waals surface area contributed by atoms with Gasteiger partial charge in [0.25, 0.3) is 0 Å². The Hall–Kier alpha value is -3.75. The summed E-state index contributed by atoms with van der Waals surface area (Å²) < 4.78 is 15.3. The number of hydrogen-bond donors (Lipinski definition) is 0. The standard InChI is InChI=1S/C20H20N4O5/c1-13-4-6-14(7-5-13)20-21-23-24(22-20)11-19(26)29-12-17(25)16-10-15(27-2)8-9-18(16)28-3/h4-10H,11-12H2,1-3H3. The van der Waals surface area contributed by atoms with Crippen molar-refractivity contribution in [3.63, 3.8) is 0 Å². The molecule has 0 saturated carbocycles. The molecule has 0 spiro atoms. The fourth-order valence-corrected chi connectivity index (χ4v) is 2.55. The maximum absolute atomic E-state index is 12.4. The average molecular weight is 396 g/mol. The third-order valence-electron chi connectivity index (χ3n) is 4.10. The Labute approximate surface area is 167 Å². The van der Waals surface area contributed by atoms with Crippen LogP contribution in [0, 0.1) is 6.92 Å². The van der Waals surface area contributed by atoms with Crippen molar-refractivity contribution in [1.29, 1.82) is 0 Å². The minimum atomic E-state index is -0.659. The van der Waals surface area contributed by atoms with E-state index in [1.54, 1.807) is 12.1 Å². The molecule has 3 aromatic rings. The zero-order chi connectivity index (χ0) is 20.8. The normalized spacial score (nSPS) is 10.4. The number of carbonyl (C=O) groups is 2. The van der Waals surface area contributed by atoms with Crippen molar-refractivity contribution in [2.75, 3.05) is 20.8 Å². The summed E-state index contributed by atoms with van der Waals surface area (Å²) in [4.78, 5) is 25.6. The minimum absolute atomic E-state index is 0.263. The summed E-state index contributed by atoms with van der Waals surface area (Å²) in [5, 5.41) is 11.9. The molecule has 1 aromatic heterocycles. The van der Waals surface area contributed by atoms with E-state index in [1.165, 1.54) is 20.3 Å². The molecule has 150 valence electrons. The molecule has 0 amide bonds. The van der Waals surface area contributed by atoms with Gasteiger partial charge in [0.1, 0.15) is 11.5 Å². The first-order valence-electron chi connectivity index (χ1n) is 8.76. The lowest BCUT2D eigenvalue weighted by molar-refractivity contribution is -0.143. The van der Waals surface area contributed by atoms with Crippen LogP contribution in [0.2, 0.25) is 0 Å². The Morgan fingerprint density at radius 3 is 2.48 bits per heavy atom. The lowest BCUT2D eigenvalue weighted by Gasteiger charge is -2.10. The van der Waals surface area contributed by atoms with Crippen molar-refractivity contribution < 1.29 is 23.8 Å². The minimum Gasteiger partial charge on any atom is -0.497 e. The highest BCUT2D eigenvalue weighted by molar-refractivity contribution is 6.00. The number of carbonyl (C=O) groups excluding carboxylic acids is 2. The van der Waals surface area contributed by atoms with Crippen LogP contribution < -0.4 is 9.47 Å².